The molecule has 1 rings (SSSR count). The number of alkyl halides is 1. The van der Waals surface area contributed by atoms with Gasteiger partial charge in [0.25, 0.3) is 0 Å². The minimum absolute atomic E-state index is 0.212. The number of benzene rings is 1. The molecule has 1 aromatic carbocycles. The number of hydrogen-bond donors (Lipinski definition) is 1. The Bertz CT molecular complexity index is 412. The van der Waals surface area contributed by atoms with Gasteiger partial charge in [0.2, 0.25) is 5.91 Å². The van der Waals surface area contributed by atoms with Gasteiger partial charge in [0.1, 0.15) is 5.82 Å². The summed E-state index contributed by atoms with van der Waals surface area (Å²) in [6.45, 7) is 0. The molecule has 0 saturated carbocycles. The molecule has 1 N–H and O–H groups in total. The average molecular weight is 310 g/mol. The summed E-state index contributed by atoms with van der Waals surface area (Å²) in [6, 6.07) is 1.04. The zero-order valence-electron chi connectivity index (χ0n) is 8.90. The van der Waals surface area contributed by atoms with Gasteiger partial charge in [0, 0.05) is 23.9 Å². The van der Waals surface area contributed by atoms with Crippen LogP contribution in [0.3, 0.4) is 0 Å². The molecule has 0 heterocycles. The number of carbonyl (C=O) groups is 1. The Kier molecular flexibility index (Phi) is 5.47. The topological polar surface area (TPSA) is 29.1 Å². The van der Waals surface area contributed by atoms with E-state index in [0.29, 0.717) is 18.6 Å². The summed E-state index contributed by atoms with van der Waals surface area (Å²) in [5.41, 5.74) is -0.340. The second-order valence-corrected chi connectivity index (χ2v) is 4.23. The van der Waals surface area contributed by atoms with E-state index in [1.54, 1.807) is 0 Å². The van der Waals surface area contributed by atoms with Gasteiger partial charge in [-0.3, -0.25) is 4.79 Å². The normalized spacial score (nSPS) is 10.4. The van der Waals surface area contributed by atoms with Crippen molar-refractivity contribution in [3.05, 3.63) is 29.6 Å². The molecule has 0 atom stereocenters. The highest BCUT2D eigenvalue weighted by atomic mass is 79.9. The van der Waals surface area contributed by atoms with Gasteiger partial charge in [-0.25, -0.2) is 13.2 Å². The quantitative estimate of drug-likeness (QED) is 0.502. The number of hydrogen-bond acceptors (Lipinski definition) is 1. The van der Waals surface area contributed by atoms with Crippen LogP contribution >= 0.6 is 15.9 Å². The zero-order valence-corrected chi connectivity index (χ0v) is 10.5. The number of unbranched alkanes of at least 4 members (excludes halogenated alkanes) is 1. The molecule has 0 radical (unpaired) electrons. The van der Waals surface area contributed by atoms with Crippen molar-refractivity contribution in [2.24, 2.45) is 0 Å². The van der Waals surface area contributed by atoms with E-state index >= 15 is 0 Å². The number of rotatable bonds is 5. The smallest absolute Gasteiger partial charge is 0.224 e. The first-order chi connectivity index (χ1) is 8.04. The standard InChI is InChI=1S/C11H11BrF3NO/c12-4-2-1-3-11(17)16-10-6-8(14)7(13)5-9(10)15/h5-6H,1-4H2,(H,16,17). The maximum Gasteiger partial charge on any atom is 0.224 e. The van der Waals surface area contributed by atoms with Crippen molar-refractivity contribution in [2.75, 3.05) is 10.6 Å². The van der Waals surface area contributed by atoms with Crippen LogP contribution in [0.15, 0.2) is 12.1 Å². The van der Waals surface area contributed by atoms with Gasteiger partial charge in [-0.1, -0.05) is 15.9 Å². The highest BCUT2D eigenvalue weighted by molar-refractivity contribution is 9.09. The Balaban J connectivity index is 2.62. The van der Waals surface area contributed by atoms with Crippen molar-refractivity contribution in [1.29, 1.82) is 0 Å². The zero-order chi connectivity index (χ0) is 12.8. The third kappa shape index (κ3) is 4.38. The number of carbonyl (C=O) groups excluding carboxylic acids is 1. The molecule has 17 heavy (non-hydrogen) atoms. The fraction of sp³-hybridized carbons (Fsp3) is 0.364. The van der Waals surface area contributed by atoms with Crippen LogP contribution in [-0.2, 0) is 4.79 Å². The fourth-order valence-corrected chi connectivity index (χ4v) is 1.61. The SMILES string of the molecule is O=C(CCCCBr)Nc1cc(F)c(F)cc1F. The highest BCUT2D eigenvalue weighted by Gasteiger charge is 2.11. The molecule has 94 valence electrons. The first-order valence-electron chi connectivity index (χ1n) is 5.05. The fourth-order valence-electron chi connectivity index (χ4n) is 1.21. The molecule has 0 unspecified atom stereocenters. The van der Waals surface area contributed by atoms with E-state index in [4.69, 9.17) is 0 Å². The van der Waals surface area contributed by atoms with Gasteiger partial charge in [0.05, 0.1) is 5.69 Å². The van der Waals surface area contributed by atoms with Crippen LogP contribution in [0.1, 0.15) is 19.3 Å². The van der Waals surface area contributed by atoms with E-state index in [9.17, 15) is 18.0 Å². The molecule has 0 saturated heterocycles. The Labute approximate surface area is 105 Å². The van der Waals surface area contributed by atoms with Gasteiger partial charge in [-0.2, -0.15) is 0 Å². The summed E-state index contributed by atoms with van der Waals surface area (Å²) in [5, 5.41) is 2.98. The highest BCUT2D eigenvalue weighted by Crippen LogP contribution is 2.18. The lowest BCUT2D eigenvalue weighted by Gasteiger charge is -2.06. The van der Waals surface area contributed by atoms with E-state index in [1.807, 2.05) is 0 Å². The van der Waals surface area contributed by atoms with E-state index in [0.717, 1.165) is 11.8 Å². The third-order valence-corrected chi connectivity index (χ3v) is 2.63. The van der Waals surface area contributed by atoms with Crippen molar-refractivity contribution in [3.8, 4) is 0 Å². The predicted molar refractivity (Wildman–Crippen MR) is 62.6 cm³/mol. The second kappa shape index (κ2) is 6.64. The van der Waals surface area contributed by atoms with Crippen LogP contribution in [-0.4, -0.2) is 11.2 Å². The van der Waals surface area contributed by atoms with Crippen LogP contribution in [0.5, 0.6) is 0 Å². The molecule has 0 aliphatic heterocycles. The van der Waals surface area contributed by atoms with Gasteiger partial charge >= 0.3 is 0 Å². The lowest BCUT2D eigenvalue weighted by molar-refractivity contribution is -0.116. The van der Waals surface area contributed by atoms with Crippen LogP contribution < -0.4 is 5.32 Å². The van der Waals surface area contributed by atoms with E-state index < -0.39 is 23.4 Å². The molecule has 0 aromatic heterocycles. The van der Waals surface area contributed by atoms with Crippen molar-refractivity contribution in [2.45, 2.75) is 19.3 Å². The maximum atomic E-state index is 13.2. The number of anilines is 1. The van der Waals surface area contributed by atoms with Gasteiger partial charge in [-0.05, 0) is 12.8 Å². The summed E-state index contributed by atoms with van der Waals surface area (Å²) in [4.78, 5) is 11.3. The minimum Gasteiger partial charge on any atom is -0.324 e. The van der Waals surface area contributed by atoms with E-state index in [2.05, 4.69) is 21.2 Å². The molecule has 0 fully saturated rings. The van der Waals surface area contributed by atoms with E-state index in [-0.39, 0.29) is 12.1 Å². The first kappa shape index (κ1) is 14.0. The Morgan fingerprint density at radius 1 is 1.12 bits per heavy atom. The van der Waals surface area contributed by atoms with Gasteiger partial charge in [-0.15, -0.1) is 0 Å². The Morgan fingerprint density at radius 3 is 2.41 bits per heavy atom. The van der Waals surface area contributed by atoms with Crippen LogP contribution in [0.4, 0.5) is 18.9 Å². The monoisotopic (exact) mass is 309 g/mol. The van der Waals surface area contributed by atoms with E-state index in [1.165, 1.54) is 0 Å². The van der Waals surface area contributed by atoms with Crippen molar-refractivity contribution < 1.29 is 18.0 Å². The Hall–Kier alpha value is -1.04. The van der Waals surface area contributed by atoms with Crippen molar-refractivity contribution >= 4 is 27.5 Å². The lowest BCUT2D eigenvalue weighted by Crippen LogP contribution is -2.13. The molecular formula is C11H11BrF3NO. The number of halogens is 4. The number of amides is 1. The summed E-state index contributed by atoms with van der Waals surface area (Å²) >= 11 is 3.21. The third-order valence-electron chi connectivity index (χ3n) is 2.07. The minimum atomic E-state index is -1.28. The summed E-state index contributed by atoms with van der Waals surface area (Å²) in [7, 11) is 0. The van der Waals surface area contributed by atoms with Gasteiger partial charge < -0.3 is 5.32 Å². The molecule has 0 aliphatic carbocycles. The molecule has 6 heteroatoms. The first-order valence-corrected chi connectivity index (χ1v) is 6.17. The van der Waals surface area contributed by atoms with Crippen molar-refractivity contribution in [3.63, 3.8) is 0 Å². The molecule has 1 aromatic rings. The van der Waals surface area contributed by atoms with Crippen molar-refractivity contribution in [1.82, 2.24) is 0 Å². The summed E-state index contributed by atoms with van der Waals surface area (Å²) in [6.07, 6.45) is 1.67. The Morgan fingerprint density at radius 2 is 1.76 bits per heavy atom. The van der Waals surface area contributed by atoms with Gasteiger partial charge in [0.15, 0.2) is 11.6 Å². The average Bonchev–Trinajstić information content (AvgIpc) is 2.26. The van der Waals surface area contributed by atoms with Crippen LogP contribution in [0, 0.1) is 17.5 Å². The van der Waals surface area contributed by atoms with Crippen LogP contribution in [0.2, 0.25) is 0 Å². The molecule has 0 spiro atoms. The largest absolute Gasteiger partial charge is 0.324 e. The molecule has 2 nitrogen and oxygen atoms in total. The summed E-state index contributed by atoms with van der Waals surface area (Å²) in [5.74, 6) is -3.88. The molecule has 1 amide bonds. The lowest BCUT2D eigenvalue weighted by atomic mass is 10.2. The maximum absolute atomic E-state index is 13.2. The molecule has 0 aliphatic rings. The number of nitrogens with one attached hydrogen (secondary N) is 1. The summed E-state index contributed by atoms with van der Waals surface area (Å²) < 4.78 is 38.6. The van der Waals surface area contributed by atoms with Crippen LogP contribution in [0.25, 0.3) is 0 Å². The molecular weight excluding hydrogens is 299 g/mol. The second-order valence-electron chi connectivity index (χ2n) is 3.44. The molecule has 0 bridgehead atoms. The predicted octanol–water partition coefficient (Wildman–Crippen LogP) is 3.61.